The van der Waals surface area contributed by atoms with Crippen LogP contribution in [-0.2, 0) is 0 Å². The molecule has 0 amide bonds. The molecule has 0 fully saturated rings. The molecule has 2 aromatic heterocycles. The minimum Gasteiger partial charge on any atom is -0.246 e. The van der Waals surface area contributed by atoms with Crippen molar-refractivity contribution in [3.05, 3.63) is 22.9 Å². The van der Waals surface area contributed by atoms with Crippen LogP contribution in [0.25, 0.3) is 4.96 Å². The summed E-state index contributed by atoms with van der Waals surface area (Å²) < 4.78 is 3.27. The fourth-order valence-electron chi connectivity index (χ4n) is 1.06. The lowest BCUT2D eigenvalue weighted by atomic mass is 10.4. The molecule has 0 saturated carbocycles. The van der Waals surface area contributed by atoms with Gasteiger partial charge in [0.05, 0.1) is 0 Å². The van der Waals surface area contributed by atoms with Crippen molar-refractivity contribution in [1.82, 2.24) is 13.3 Å². The molecule has 0 aromatic carbocycles. The monoisotopic (exact) mass is 183 g/mol. The van der Waals surface area contributed by atoms with Gasteiger partial charge in [-0.25, -0.2) is 18.1 Å². The van der Waals surface area contributed by atoms with Crippen LogP contribution in [0.1, 0.15) is 19.9 Å². The highest BCUT2D eigenvalue weighted by Gasteiger charge is 2.08. The summed E-state index contributed by atoms with van der Waals surface area (Å²) in [5.41, 5.74) is 0.00231. The van der Waals surface area contributed by atoms with Crippen LogP contribution in [0.3, 0.4) is 0 Å². The van der Waals surface area contributed by atoms with E-state index < -0.39 is 0 Å². The minimum atomic E-state index is 0.00231. The summed E-state index contributed by atoms with van der Waals surface area (Å²) in [4.78, 5) is 16.3. The van der Waals surface area contributed by atoms with E-state index in [4.69, 9.17) is 0 Å². The smallest absolute Gasteiger partial charge is 0.246 e. The average Bonchev–Trinajstić information content (AvgIpc) is 2.53. The van der Waals surface area contributed by atoms with Gasteiger partial charge in [0, 0.05) is 18.4 Å². The van der Waals surface area contributed by atoms with Gasteiger partial charge >= 0.3 is 5.69 Å². The Balaban J connectivity index is 2.79. The molecule has 2 heterocycles. The molecule has 0 saturated heterocycles. The summed E-state index contributed by atoms with van der Waals surface area (Å²) in [5, 5.41) is 0. The summed E-state index contributed by atoms with van der Waals surface area (Å²) >= 11 is 1.39. The molecule has 2 rings (SSSR count). The standard InChI is InChI=1S/C7H9N3OS/c1-5(2)10-7(11)9-4-3-8-6(9)12-10/h3-5H,1-2H3. The first-order valence-corrected chi connectivity index (χ1v) is 4.52. The Labute approximate surface area is 73.2 Å². The summed E-state index contributed by atoms with van der Waals surface area (Å²) in [7, 11) is 0. The third-order valence-corrected chi connectivity index (χ3v) is 2.89. The molecule has 0 bridgehead atoms. The number of rotatable bonds is 1. The predicted octanol–water partition coefficient (Wildman–Crippen LogP) is 1.14. The Hall–Kier alpha value is -1.10. The normalized spacial score (nSPS) is 11.6. The van der Waals surface area contributed by atoms with Gasteiger partial charge in [-0.05, 0) is 25.4 Å². The highest BCUT2D eigenvalue weighted by atomic mass is 32.1. The van der Waals surface area contributed by atoms with Crippen molar-refractivity contribution >= 4 is 16.5 Å². The van der Waals surface area contributed by atoms with Crippen molar-refractivity contribution in [2.45, 2.75) is 19.9 Å². The van der Waals surface area contributed by atoms with Gasteiger partial charge in [-0.15, -0.1) is 0 Å². The molecular formula is C7H9N3OS. The molecule has 4 nitrogen and oxygen atoms in total. The van der Waals surface area contributed by atoms with Crippen molar-refractivity contribution in [2.24, 2.45) is 0 Å². The van der Waals surface area contributed by atoms with E-state index >= 15 is 0 Å². The molecule has 0 atom stereocenters. The second kappa shape index (κ2) is 2.45. The van der Waals surface area contributed by atoms with E-state index in [9.17, 15) is 4.79 Å². The predicted molar refractivity (Wildman–Crippen MR) is 47.7 cm³/mol. The third kappa shape index (κ3) is 0.896. The molecule has 0 aliphatic rings. The molecule has 12 heavy (non-hydrogen) atoms. The van der Waals surface area contributed by atoms with Crippen molar-refractivity contribution in [3.8, 4) is 0 Å². The summed E-state index contributed by atoms with van der Waals surface area (Å²) in [6, 6.07) is 0.212. The Bertz CT molecular complexity index is 450. The number of hydrogen-bond acceptors (Lipinski definition) is 3. The van der Waals surface area contributed by atoms with E-state index in [-0.39, 0.29) is 11.7 Å². The minimum absolute atomic E-state index is 0.00231. The second-order valence-electron chi connectivity index (χ2n) is 2.87. The zero-order valence-corrected chi connectivity index (χ0v) is 7.71. The number of aromatic nitrogens is 3. The van der Waals surface area contributed by atoms with Crippen LogP contribution in [-0.4, -0.2) is 13.3 Å². The Morgan fingerprint density at radius 3 is 2.92 bits per heavy atom. The topological polar surface area (TPSA) is 39.3 Å². The summed E-state index contributed by atoms with van der Waals surface area (Å²) in [6.45, 7) is 3.97. The molecule has 0 aliphatic carbocycles. The maximum absolute atomic E-state index is 11.5. The van der Waals surface area contributed by atoms with Crippen LogP contribution in [0.15, 0.2) is 17.2 Å². The first-order valence-electron chi connectivity index (χ1n) is 3.75. The zero-order valence-electron chi connectivity index (χ0n) is 6.89. The van der Waals surface area contributed by atoms with E-state index in [1.807, 2.05) is 13.8 Å². The van der Waals surface area contributed by atoms with Crippen molar-refractivity contribution in [2.75, 3.05) is 0 Å². The van der Waals surface area contributed by atoms with Crippen LogP contribution < -0.4 is 5.69 Å². The van der Waals surface area contributed by atoms with Gasteiger partial charge in [0.25, 0.3) is 0 Å². The SMILES string of the molecule is CC(C)n1sc2nccn2c1=O. The first-order chi connectivity index (χ1) is 5.70. The quantitative estimate of drug-likeness (QED) is 0.665. The van der Waals surface area contributed by atoms with Gasteiger partial charge in [-0.1, -0.05) is 0 Å². The lowest BCUT2D eigenvalue weighted by Crippen LogP contribution is -2.19. The maximum Gasteiger partial charge on any atom is 0.344 e. The molecular weight excluding hydrogens is 174 g/mol. The van der Waals surface area contributed by atoms with Crippen LogP contribution in [0, 0.1) is 0 Å². The molecule has 0 unspecified atom stereocenters. The zero-order chi connectivity index (χ0) is 8.72. The van der Waals surface area contributed by atoms with Gasteiger partial charge in [0.2, 0.25) is 4.96 Å². The van der Waals surface area contributed by atoms with Gasteiger partial charge in [-0.2, -0.15) is 0 Å². The van der Waals surface area contributed by atoms with E-state index in [0.29, 0.717) is 0 Å². The maximum atomic E-state index is 11.5. The number of nitrogens with zero attached hydrogens (tertiary/aromatic N) is 3. The number of fused-ring (bicyclic) bond motifs is 1. The molecule has 0 N–H and O–H groups in total. The molecule has 0 spiro atoms. The molecule has 0 aliphatic heterocycles. The number of imidazole rings is 1. The second-order valence-corrected chi connectivity index (χ2v) is 3.81. The van der Waals surface area contributed by atoms with Gasteiger partial charge in [0.1, 0.15) is 0 Å². The fourth-order valence-corrected chi connectivity index (χ4v) is 1.95. The number of hydrogen-bond donors (Lipinski definition) is 0. The van der Waals surface area contributed by atoms with E-state index in [1.54, 1.807) is 20.8 Å². The Morgan fingerprint density at radius 1 is 1.58 bits per heavy atom. The van der Waals surface area contributed by atoms with Gasteiger partial charge in [-0.3, -0.25) is 0 Å². The molecule has 2 aromatic rings. The fraction of sp³-hybridized carbons (Fsp3) is 0.429. The summed E-state index contributed by atoms with van der Waals surface area (Å²) in [6.07, 6.45) is 3.32. The van der Waals surface area contributed by atoms with Crippen molar-refractivity contribution in [3.63, 3.8) is 0 Å². The van der Waals surface area contributed by atoms with Crippen LogP contribution >= 0.6 is 11.5 Å². The lowest BCUT2D eigenvalue weighted by molar-refractivity contribution is 0.617. The van der Waals surface area contributed by atoms with E-state index in [1.165, 1.54) is 11.5 Å². The van der Waals surface area contributed by atoms with E-state index in [0.717, 1.165) is 4.96 Å². The summed E-state index contributed by atoms with van der Waals surface area (Å²) in [5.74, 6) is 0. The van der Waals surface area contributed by atoms with Gasteiger partial charge < -0.3 is 0 Å². The van der Waals surface area contributed by atoms with Crippen LogP contribution in [0.2, 0.25) is 0 Å². The highest BCUT2D eigenvalue weighted by Crippen LogP contribution is 2.10. The van der Waals surface area contributed by atoms with Gasteiger partial charge in [0.15, 0.2) is 0 Å². The Morgan fingerprint density at radius 2 is 2.33 bits per heavy atom. The first kappa shape index (κ1) is 7.54. The van der Waals surface area contributed by atoms with Crippen LogP contribution in [0.5, 0.6) is 0 Å². The molecule has 0 radical (unpaired) electrons. The van der Waals surface area contributed by atoms with Crippen molar-refractivity contribution in [1.29, 1.82) is 0 Å². The lowest BCUT2D eigenvalue weighted by Gasteiger charge is -2.00. The van der Waals surface area contributed by atoms with Crippen molar-refractivity contribution < 1.29 is 0 Å². The van der Waals surface area contributed by atoms with Crippen LogP contribution in [0.4, 0.5) is 0 Å². The van der Waals surface area contributed by atoms with E-state index in [2.05, 4.69) is 4.98 Å². The third-order valence-electron chi connectivity index (χ3n) is 1.65. The molecule has 5 heteroatoms. The Kier molecular flexibility index (Phi) is 1.54. The average molecular weight is 183 g/mol. The molecule has 64 valence electrons. The highest BCUT2D eigenvalue weighted by molar-refractivity contribution is 7.11. The largest absolute Gasteiger partial charge is 0.344 e.